The largest absolute Gasteiger partial charge is 0.383 e. The van der Waals surface area contributed by atoms with E-state index in [9.17, 15) is 9.59 Å². The lowest BCUT2D eigenvalue weighted by Gasteiger charge is -2.10. The van der Waals surface area contributed by atoms with Gasteiger partial charge in [0.25, 0.3) is 0 Å². The summed E-state index contributed by atoms with van der Waals surface area (Å²) in [6.07, 6.45) is 0. The van der Waals surface area contributed by atoms with Gasteiger partial charge in [-0.15, -0.1) is 10.2 Å². The van der Waals surface area contributed by atoms with Crippen molar-refractivity contribution in [3.63, 3.8) is 0 Å². The molecule has 3 amide bonds. The first-order valence-electron chi connectivity index (χ1n) is 8.79. The molecule has 1 aromatic heterocycles. The number of hydrogen-bond acceptors (Lipinski definition) is 6. The number of carbonyl (C=O) groups is 2. The van der Waals surface area contributed by atoms with Gasteiger partial charge in [-0.05, 0) is 30.2 Å². The number of imide groups is 1. The van der Waals surface area contributed by atoms with Crippen molar-refractivity contribution in [2.75, 3.05) is 26.0 Å². The summed E-state index contributed by atoms with van der Waals surface area (Å²) in [7, 11) is 1.61. The predicted octanol–water partition coefficient (Wildman–Crippen LogP) is 2.82. The second-order valence-corrected chi connectivity index (χ2v) is 7.78. The van der Waals surface area contributed by atoms with Crippen LogP contribution in [-0.4, -0.2) is 52.7 Å². The molecule has 0 fully saturated rings. The molecule has 152 valence electrons. The maximum Gasteiger partial charge on any atom is 0.321 e. The molecule has 0 spiro atoms. The third kappa shape index (κ3) is 6.81. The van der Waals surface area contributed by atoms with Crippen LogP contribution in [0.2, 0.25) is 5.02 Å². The van der Waals surface area contributed by atoms with E-state index in [1.165, 1.54) is 11.8 Å². The van der Waals surface area contributed by atoms with Crippen LogP contribution in [-0.2, 0) is 16.1 Å². The number of nitrogens with zero attached hydrogens (tertiary/aromatic N) is 3. The van der Waals surface area contributed by atoms with Gasteiger partial charge in [-0.3, -0.25) is 14.7 Å². The van der Waals surface area contributed by atoms with Crippen LogP contribution in [0.15, 0.2) is 29.4 Å². The second-order valence-electron chi connectivity index (χ2n) is 6.40. The summed E-state index contributed by atoms with van der Waals surface area (Å²) in [4.78, 5) is 23.7. The average molecular weight is 426 g/mol. The van der Waals surface area contributed by atoms with E-state index in [1.807, 2.05) is 30.5 Å². The standard InChI is InChI=1S/C18H24ClN5O3S/c1-12(2)10-20-17(26)21-15(25)11-28-18-23-22-16(24(18)8-9-27-3)13-4-6-14(19)7-5-13/h4-7,12H,8-11H2,1-3H3,(H2,20,21,25,26). The Kier molecular flexibility index (Phi) is 8.75. The van der Waals surface area contributed by atoms with E-state index in [0.717, 1.165) is 5.56 Å². The van der Waals surface area contributed by atoms with Gasteiger partial charge in [-0.1, -0.05) is 37.2 Å². The number of benzene rings is 1. The number of urea groups is 1. The summed E-state index contributed by atoms with van der Waals surface area (Å²) >= 11 is 7.16. The lowest BCUT2D eigenvalue weighted by molar-refractivity contribution is -0.117. The van der Waals surface area contributed by atoms with Gasteiger partial charge in [0.1, 0.15) is 0 Å². The maximum absolute atomic E-state index is 12.0. The number of hydrogen-bond donors (Lipinski definition) is 2. The lowest BCUT2D eigenvalue weighted by atomic mass is 10.2. The number of ether oxygens (including phenoxy) is 1. The fourth-order valence-electron chi connectivity index (χ4n) is 2.23. The molecule has 28 heavy (non-hydrogen) atoms. The summed E-state index contributed by atoms with van der Waals surface area (Å²) in [5.74, 6) is 0.605. The van der Waals surface area contributed by atoms with Crippen molar-refractivity contribution in [3.05, 3.63) is 29.3 Å². The highest BCUT2D eigenvalue weighted by atomic mass is 35.5. The number of aromatic nitrogens is 3. The van der Waals surface area contributed by atoms with E-state index in [2.05, 4.69) is 20.8 Å². The minimum Gasteiger partial charge on any atom is -0.383 e. The SMILES string of the molecule is COCCn1c(SCC(=O)NC(=O)NCC(C)C)nnc1-c1ccc(Cl)cc1. The quantitative estimate of drug-likeness (QED) is 0.599. The molecular weight excluding hydrogens is 402 g/mol. The maximum atomic E-state index is 12.0. The first-order chi connectivity index (χ1) is 13.4. The molecule has 10 heteroatoms. The van der Waals surface area contributed by atoms with Crippen LogP contribution < -0.4 is 10.6 Å². The lowest BCUT2D eigenvalue weighted by Crippen LogP contribution is -2.41. The summed E-state index contributed by atoms with van der Waals surface area (Å²) < 4.78 is 7.04. The van der Waals surface area contributed by atoms with Crippen LogP contribution in [0.4, 0.5) is 4.79 Å². The topological polar surface area (TPSA) is 98.1 Å². The summed E-state index contributed by atoms with van der Waals surface area (Å²) in [6, 6.07) is 6.78. The number of nitrogens with one attached hydrogen (secondary N) is 2. The molecule has 0 aliphatic carbocycles. The van der Waals surface area contributed by atoms with Crippen molar-refractivity contribution in [3.8, 4) is 11.4 Å². The number of carbonyl (C=O) groups excluding carboxylic acids is 2. The molecule has 0 unspecified atom stereocenters. The number of rotatable bonds is 9. The summed E-state index contributed by atoms with van der Waals surface area (Å²) in [6.45, 7) is 5.45. The minimum absolute atomic E-state index is 0.0425. The molecular formula is C18H24ClN5O3S. The van der Waals surface area contributed by atoms with E-state index >= 15 is 0 Å². The van der Waals surface area contributed by atoms with Gasteiger partial charge < -0.3 is 10.1 Å². The molecule has 2 aromatic rings. The summed E-state index contributed by atoms with van der Waals surface area (Å²) in [5.41, 5.74) is 0.859. The number of halogens is 1. The van der Waals surface area contributed by atoms with Gasteiger partial charge in [-0.2, -0.15) is 0 Å². The van der Waals surface area contributed by atoms with E-state index in [1.54, 1.807) is 19.2 Å². The zero-order chi connectivity index (χ0) is 20.5. The van der Waals surface area contributed by atoms with Crippen molar-refractivity contribution < 1.29 is 14.3 Å². The zero-order valence-electron chi connectivity index (χ0n) is 16.1. The van der Waals surface area contributed by atoms with Crippen molar-refractivity contribution in [2.24, 2.45) is 5.92 Å². The van der Waals surface area contributed by atoms with Crippen LogP contribution in [0.5, 0.6) is 0 Å². The van der Waals surface area contributed by atoms with E-state index in [-0.39, 0.29) is 5.75 Å². The monoisotopic (exact) mass is 425 g/mol. The Morgan fingerprint density at radius 1 is 1.25 bits per heavy atom. The number of amides is 3. The molecule has 0 aliphatic heterocycles. The van der Waals surface area contributed by atoms with Crippen molar-refractivity contribution in [2.45, 2.75) is 25.5 Å². The van der Waals surface area contributed by atoms with E-state index < -0.39 is 11.9 Å². The smallest absolute Gasteiger partial charge is 0.321 e. The molecule has 2 N–H and O–H groups in total. The molecule has 1 aromatic carbocycles. The highest BCUT2D eigenvalue weighted by Gasteiger charge is 2.16. The molecule has 0 saturated heterocycles. The number of thioether (sulfide) groups is 1. The van der Waals surface area contributed by atoms with E-state index in [0.29, 0.717) is 41.6 Å². The Labute approximate surface area is 173 Å². The third-order valence-corrected chi connectivity index (χ3v) is 4.81. The van der Waals surface area contributed by atoms with Gasteiger partial charge in [0.05, 0.1) is 18.9 Å². The Morgan fingerprint density at radius 2 is 1.96 bits per heavy atom. The molecule has 2 rings (SSSR count). The van der Waals surface area contributed by atoms with Gasteiger partial charge in [-0.25, -0.2) is 4.79 Å². The number of methoxy groups -OCH3 is 1. The molecule has 0 aliphatic rings. The first kappa shape index (κ1) is 22.2. The summed E-state index contributed by atoms with van der Waals surface area (Å²) in [5, 5.41) is 14.6. The fraction of sp³-hybridized carbons (Fsp3) is 0.444. The van der Waals surface area contributed by atoms with Gasteiger partial charge in [0.15, 0.2) is 11.0 Å². The van der Waals surface area contributed by atoms with E-state index in [4.69, 9.17) is 16.3 Å². The van der Waals surface area contributed by atoms with Gasteiger partial charge >= 0.3 is 6.03 Å². The minimum atomic E-state index is -0.498. The highest BCUT2D eigenvalue weighted by molar-refractivity contribution is 7.99. The molecule has 0 saturated carbocycles. The third-order valence-electron chi connectivity index (χ3n) is 3.59. The normalized spacial score (nSPS) is 10.9. The Morgan fingerprint density at radius 3 is 2.61 bits per heavy atom. The second kappa shape index (κ2) is 11.0. The molecule has 1 heterocycles. The molecule has 0 bridgehead atoms. The Hall–Kier alpha value is -2.10. The van der Waals surface area contributed by atoms with Crippen molar-refractivity contribution in [1.29, 1.82) is 0 Å². The predicted molar refractivity (Wildman–Crippen MR) is 109 cm³/mol. The van der Waals surface area contributed by atoms with Crippen LogP contribution in [0.1, 0.15) is 13.8 Å². The Balaban J connectivity index is 2.03. The van der Waals surface area contributed by atoms with Crippen LogP contribution in [0.3, 0.4) is 0 Å². The van der Waals surface area contributed by atoms with Crippen molar-refractivity contribution >= 4 is 35.3 Å². The average Bonchev–Trinajstić information content (AvgIpc) is 3.06. The van der Waals surface area contributed by atoms with Crippen LogP contribution in [0.25, 0.3) is 11.4 Å². The first-order valence-corrected chi connectivity index (χ1v) is 10.2. The highest BCUT2D eigenvalue weighted by Crippen LogP contribution is 2.25. The van der Waals surface area contributed by atoms with Gasteiger partial charge in [0.2, 0.25) is 5.91 Å². The van der Waals surface area contributed by atoms with Crippen LogP contribution in [0, 0.1) is 5.92 Å². The Bertz CT molecular complexity index is 795. The van der Waals surface area contributed by atoms with Crippen molar-refractivity contribution in [1.82, 2.24) is 25.4 Å². The molecule has 8 nitrogen and oxygen atoms in total. The zero-order valence-corrected chi connectivity index (χ0v) is 17.6. The fourth-order valence-corrected chi connectivity index (χ4v) is 3.12. The molecule has 0 atom stereocenters. The van der Waals surface area contributed by atoms with Gasteiger partial charge in [0, 0.05) is 24.2 Å². The van der Waals surface area contributed by atoms with Crippen LogP contribution >= 0.6 is 23.4 Å². The molecule has 0 radical (unpaired) electrons.